The van der Waals surface area contributed by atoms with E-state index in [0.29, 0.717) is 5.88 Å². The van der Waals surface area contributed by atoms with Crippen molar-refractivity contribution < 1.29 is 18.1 Å². The van der Waals surface area contributed by atoms with Gasteiger partial charge in [-0.1, -0.05) is 0 Å². The molecular weight excluding hydrogens is 280 g/mol. The summed E-state index contributed by atoms with van der Waals surface area (Å²) >= 11 is 5.23. The summed E-state index contributed by atoms with van der Waals surface area (Å²) in [5.41, 5.74) is 2.48. The molecule has 0 aliphatic carbocycles. The first-order chi connectivity index (χ1) is 9.33. The Hall–Kier alpha value is -0.380. The fourth-order valence-corrected chi connectivity index (χ4v) is 0.443. The highest BCUT2D eigenvalue weighted by atomic mass is 35.5. The van der Waals surface area contributed by atoms with Gasteiger partial charge < -0.3 is 25.9 Å². The number of nitrogens with two attached hydrogens (primary N) is 1. The van der Waals surface area contributed by atoms with Crippen molar-refractivity contribution in [3.05, 3.63) is 11.4 Å². The quantitative estimate of drug-likeness (QED) is 0.470. The van der Waals surface area contributed by atoms with Gasteiger partial charge in [0.1, 0.15) is 5.60 Å². The number of alkyl halides is 1. The van der Waals surface area contributed by atoms with Crippen molar-refractivity contribution in [1.29, 1.82) is 0 Å². The molecule has 0 spiro atoms. The molecule has 0 aromatic carbocycles. The maximum Gasteiger partial charge on any atom is 0.242 e. The van der Waals surface area contributed by atoms with Crippen molar-refractivity contribution >= 4 is 11.6 Å². The summed E-state index contributed by atoms with van der Waals surface area (Å²) in [5.74, 6) is 0.299. The van der Waals surface area contributed by atoms with Crippen molar-refractivity contribution in [1.82, 2.24) is 0 Å². The molecule has 0 aliphatic rings. The van der Waals surface area contributed by atoms with Crippen molar-refractivity contribution in [3.8, 4) is 0 Å². The Morgan fingerprint density at radius 1 is 1.05 bits per heavy atom. The van der Waals surface area contributed by atoms with Crippen LogP contribution in [0, 0.1) is 6.57 Å². The van der Waals surface area contributed by atoms with Gasteiger partial charge in [0, 0.05) is 2.74 Å². The van der Waals surface area contributed by atoms with E-state index in [0.717, 1.165) is 0 Å². The predicted octanol–water partition coefficient (Wildman–Crippen LogP) is 1.78. The van der Waals surface area contributed by atoms with Crippen molar-refractivity contribution in [2.45, 2.75) is 64.8 Å². The lowest BCUT2D eigenvalue weighted by Crippen LogP contribution is -2.22. The van der Waals surface area contributed by atoms with Gasteiger partial charge in [-0.25, -0.2) is 6.57 Å². The van der Waals surface area contributed by atoms with Gasteiger partial charge in [-0.3, -0.25) is 0 Å². The average molecular weight is 313 g/mol. The largest absolute Gasteiger partial charge is 0.390 e. The van der Waals surface area contributed by atoms with Gasteiger partial charge in [0.2, 0.25) is 6.54 Å². The molecule has 0 heterocycles. The van der Waals surface area contributed by atoms with E-state index >= 15 is 0 Å². The molecule has 0 saturated heterocycles. The Labute approximate surface area is 131 Å². The molecular formula is C14H31ClN2O3. The molecule has 6 heteroatoms. The summed E-state index contributed by atoms with van der Waals surface area (Å²) < 4.78 is 13.7. The number of aliphatic hydroxyl groups is 3. The van der Waals surface area contributed by atoms with Crippen molar-refractivity contribution in [3.63, 3.8) is 0 Å². The van der Waals surface area contributed by atoms with Crippen LogP contribution in [0.5, 0.6) is 0 Å². The zero-order valence-electron chi connectivity index (χ0n) is 15.4. The SMILES string of the molecule is CC(C)(O)CCl.[2H]C([2H])(N)CC(C)(C)O.[C-]#[N+]CC(C)(C)O. The predicted molar refractivity (Wildman–Crippen MR) is 84.8 cm³/mol. The van der Waals surface area contributed by atoms with Crippen LogP contribution in [0.1, 0.15) is 50.7 Å². The summed E-state index contributed by atoms with van der Waals surface area (Å²) in [4.78, 5) is 3.01. The number of hydrogen-bond donors (Lipinski definition) is 4. The lowest BCUT2D eigenvalue weighted by atomic mass is 10.1. The van der Waals surface area contributed by atoms with Gasteiger partial charge in [-0.15, -0.1) is 11.6 Å². The molecule has 20 heavy (non-hydrogen) atoms. The van der Waals surface area contributed by atoms with Crippen molar-refractivity contribution in [2.24, 2.45) is 5.73 Å². The molecule has 0 rings (SSSR count). The normalized spacial score (nSPS) is 13.7. The lowest BCUT2D eigenvalue weighted by Gasteiger charge is -2.13. The first kappa shape index (κ1) is 19.6. The molecule has 0 fully saturated rings. The monoisotopic (exact) mass is 312 g/mol. The standard InChI is InChI=1S/C5H9NO.C5H13NO.C4H9ClO/c1-5(2,7)4-6-3;1-5(2,7)3-4-6;1-4(2,6)3-5/h7H,4H2,1-2H3;7H,3-4,6H2,1-2H3;6H,3H2,1-2H3/i;4D2;. The Morgan fingerprint density at radius 3 is 1.40 bits per heavy atom. The molecule has 5 N–H and O–H groups in total. The van der Waals surface area contributed by atoms with Crippen LogP contribution >= 0.6 is 11.6 Å². The van der Waals surface area contributed by atoms with E-state index in [2.05, 4.69) is 4.85 Å². The van der Waals surface area contributed by atoms with Crippen molar-refractivity contribution in [2.75, 3.05) is 18.9 Å². The van der Waals surface area contributed by atoms with E-state index in [1.165, 1.54) is 13.8 Å². The van der Waals surface area contributed by atoms with Gasteiger partial charge in [0.15, 0.2) is 0 Å². The Kier molecular flexibility index (Phi) is 11.1. The zero-order chi connectivity index (χ0) is 18.8. The Balaban J connectivity index is -0.000000252. The maximum atomic E-state index is 9.03. The molecule has 0 bridgehead atoms. The highest BCUT2D eigenvalue weighted by molar-refractivity contribution is 6.18. The van der Waals surface area contributed by atoms with Crippen LogP contribution in [-0.4, -0.2) is 51.0 Å². The molecule has 0 atom stereocenters. The Bertz CT molecular complexity index is 309. The summed E-state index contributed by atoms with van der Waals surface area (Å²) in [7, 11) is 0. The molecule has 0 saturated carbocycles. The fraction of sp³-hybridized carbons (Fsp3) is 0.929. The number of halogens is 1. The molecule has 0 aromatic heterocycles. The zero-order valence-corrected chi connectivity index (χ0v) is 14.1. The smallest absolute Gasteiger partial charge is 0.242 e. The van der Waals surface area contributed by atoms with E-state index in [9.17, 15) is 0 Å². The van der Waals surface area contributed by atoms with Crippen LogP contribution in [-0.2, 0) is 0 Å². The second-order valence-electron chi connectivity index (χ2n) is 6.27. The topological polar surface area (TPSA) is 91.1 Å². The summed E-state index contributed by atoms with van der Waals surface area (Å²) in [5, 5.41) is 26.5. The average Bonchev–Trinajstić information content (AvgIpc) is 2.10. The van der Waals surface area contributed by atoms with Gasteiger partial charge in [-0.05, 0) is 54.5 Å². The minimum atomic E-state index is -1.77. The molecule has 0 aliphatic heterocycles. The van der Waals surface area contributed by atoms with E-state index in [1.54, 1.807) is 27.7 Å². The second kappa shape index (κ2) is 11.3. The molecule has 0 radical (unpaired) electrons. The van der Waals surface area contributed by atoms with Gasteiger partial charge in [-0.2, -0.15) is 0 Å². The summed E-state index contributed by atoms with van der Waals surface area (Å²) in [6.45, 7) is 14.4. The maximum absolute atomic E-state index is 9.03. The van der Waals surface area contributed by atoms with E-state index in [1.807, 2.05) is 0 Å². The van der Waals surface area contributed by atoms with Crippen LogP contribution in [0.4, 0.5) is 0 Å². The molecule has 0 unspecified atom stereocenters. The third kappa shape index (κ3) is 43.2. The van der Waals surface area contributed by atoms with Crippen LogP contribution < -0.4 is 5.73 Å². The fourth-order valence-electron chi connectivity index (χ4n) is 0.443. The first-order valence-corrected chi connectivity index (χ1v) is 6.72. The lowest BCUT2D eigenvalue weighted by molar-refractivity contribution is 0.0737. The van der Waals surface area contributed by atoms with Gasteiger partial charge >= 0.3 is 0 Å². The number of nitrogens with zero attached hydrogens (tertiary/aromatic N) is 1. The summed E-state index contributed by atoms with van der Waals surface area (Å²) in [6, 6.07) is 0. The minimum Gasteiger partial charge on any atom is -0.390 e. The third-order valence-electron chi connectivity index (χ3n) is 1.33. The first-order valence-electron chi connectivity index (χ1n) is 7.18. The Morgan fingerprint density at radius 2 is 1.40 bits per heavy atom. The van der Waals surface area contributed by atoms with Gasteiger partial charge in [0.25, 0.3) is 0 Å². The van der Waals surface area contributed by atoms with Crippen LogP contribution in [0.2, 0.25) is 0 Å². The third-order valence-corrected chi connectivity index (χ3v) is 1.98. The van der Waals surface area contributed by atoms with E-state index < -0.39 is 23.3 Å². The molecule has 5 nitrogen and oxygen atoms in total. The van der Waals surface area contributed by atoms with Gasteiger partial charge in [0.05, 0.1) is 17.1 Å². The molecule has 0 aromatic rings. The van der Waals surface area contributed by atoms with E-state index in [4.69, 9.17) is 42.0 Å². The van der Waals surface area contributed by atoms with Crippen LogP contribution in [0.25, 0.3) is 4.85 Å². The number of rotatable bonds is 4. The molecule has 0 amide bonds. The van der Waals surface area contributed by atoms with Crippen LogP contribution in [0.15, 0.2) is 0 Å². The van der Waals surface area contributed by atoms with Crippen LogP contribution in [0.3, 0.4) is 0 Å². The highest BCUT2D eigenvalue weighted by Gasteiger charge is 2.14. The second-order valence-corrected chi connectivity index (χ2v) is 6.54. The summed E-state index contributed by atoms with van der Waals surface area (Å²) in [6.07, 6.45) is -0.0417. The minimum absolute atomic E-state index is 0.0417. The van der Waals surface area contributed by atoms with E-state index in [-0.39, 0.29) is 13.0 Å². The number of hydrogen-bond acceptors (Lipinski definition) is 4. The highest BCUT2D eigenvalue weighted by Crippen LogP contribution is 2.03. The molecule has 122 valence electrons.